The van der Waals surface area contributed by atoms with E-state index in [4.69, 9.17) is 20.8 Å². The third-order valence-electron chi connectivity index (χ3n) is 2.22. The summed E-state index contributed by atoms with van der Waals surface area (Å²) < 4.78 is 10.4. The van der Waals surface area contributed by atoms with Crippen molar-refractivity contribution in [2.75, 3.05) is 12.5 Å². The summed E-state index contributed by atoms with van der Waals surface area (Å²) in [5, 5.41) is 9.99. The summed E-state index contributed by atoms with van der Waals surface area (Å²) in [6.45, 7) is 0.0386. The van der Waals surface area contributed by atoms with Gasteiger partial charge in [-0.3, -0.25) is 0 Å². The Bertz CT molecular complexity index is 564. The zero-order valence-corrected chi connectivity index (χ0v) is 9.68. The molecule has 0 spiro atoms. The van der Waals surface area contributed by atoms with Gasteiger partial charge in [0.1, 0.15) is 24.0 Å². The quantitative estimate of drug-likeness (QED) is 0.667. The van der Waals surface area contributed by atoms with Gasteiger partial charge in [0.05, 0.1) is 17.3 Å². The van der Waals surface area contributed by atoms with Crippen molar-refractivity contribution in [1.29, 1.82) is 0 Å². The SMILES string of the molecule is O=c1cc(OCC(O)CCl)c2ccccc2o1. The molecule has 4 nitrogen and oxygen atoms in total. The molecule has 5 heteroatoms. The smallest absolute Gasteiger partial charge is 0.339 e. The van der Waals surface area contributed by atoms with Crippen molar-refractivity contribution in [1.82, 2.24) is 0 Å². The largest absolute Gasteiger partial charge is 0.490 e. The molecule has 0 radical (unpaired) electrons. The lowest BCUT2D eigenvalue weighted by atomic mass is 10.2. The zero-order chi connectivity index (χ0) is 12.3. The van der Waals surface area contributed by atoms with E-state index in [9.17, 15) is 9.90 Å². The van der Waals surface area contributed by atoms with Crippen LogP contribution in [0.15, 0.2) is 39.5 Å². The van der Waals surface area contributed by atoms with Crippen molar-refractivity contribution in [2.24, 2.45) is 0 Å². The Morgan fingerprint density at radius 2 is 2.18 bits per heavy atom. The van der Waals surface area contributed by atoms with E-state index < -0.39 is 11.7 Å². The molecule has 0 saturated carbocycles. The molecule has 0 fully saturated rings. The van der Waals surface area contributed by atoms with E-state index in [1.807, 2.05) is 6.07 Å². The maximum atomic E-state index is 11.3. The molecule has 0 amide bonds. The first-order valence-electron chi connectivity index (χ1n) is 5.10. The molecule has 2 aromatic rings. The van der Waals surface area contributed by atoms with Gasteiger partial charge in [-0.25, -0.2) is 4.79 Å². The standard InChI is InChI=1S/C12H11ClO4/c13-6-8(14)7-16-11-5-12(15)17-10-4-2-1-3-9(10)11/h1-5,8,14H,6-7H2. The van der Waals surface area contributed by atoms with Gasteiger partial charge in [-0.05, 0) is 12.1 Å². The van der Waals surface area contributed by atoms with Crippen LogP contribution in [0.1, 0.15) is 0 Å². The average molecular weight is 255 g/mol. The second-order valence-electron chi connectivity index (χ2n) is 3.54. The molecule has 0 saturated heterocycles. The normalized spacial score (nSPS) is 12.6. The highest BCUT2D eigenvalue weighted by molar-refractivity contribution is 6.18. The van der Waals surface area contributed by atoms with Crippen LogP contribution in [0.4, 0.5) is 0 Å². The van der Waals surface area contributed by atoms with Crippen molar-refractivity contribution in [3.05, 3.63) is 40.8 Å². The number of hydrogen-bond donors (Lipinski definition) is 1. The Morgan fingerprint density at radius 1 is 1.41 bits per heavy atom. The van der Waals surface area contributed by atoms with E-state index >= 15 is 0 Å². The number of rotatable bonds is 4. The summed E-state index contributed by atoms with van der Waals surface area (Å²) in [6.07, 6.45) is -0.761. The molecular weight excluding hydrogens is 244 g/mol. The second-order valence-corrected chi connectivity index (χ2v) is 3.85. The maximum Gasteiger partial charge on any atom is 0.339 e. The molecule has 0 bridgehead atoms. The predicted molar refractivity (Wildman–Crippen MR) is 64.7 cm³/mol. The lowest BCUT2D eigenvalue weighted by Gasteiger charge is -2.10. The number of hydrogen-bond acceptors (Lipinski definition) is 4. The summed E-state index contributed by atoms with van der Waals surface area (Å²) in [6, 6.07) is 8.29. The zero-order valence-electron chi connectivity index (χ0n) is 8.93. The van der Waals surface area contributed by atoms with Gasteiger partial charge in [-0.15, -0.1) is 11.6 Å². The fraction of sp³-hybridized carbons (Fsp3) is 0.250. The number of aliphatic hydroxyl groups excluding tert-OH is 1. The van der Waals surface area contributed by atoms with E-state index in [2.05, 4.69) is 0 Å². The highest BCUT2D eigenvalue weighted by atomic mass is 35.5. The molecule has 1 unspecified atom stereocenters. The Balaban J connectivity index is 2.35. The highest BCUT2D eigenvalue weighted by Crippen LogP contribution is 2.23. The number of halogens is 1. The minimum Gasteiger partial charge on any atom is -0.490 e. The Labute approximate surface area is 102 Å². The summed E-state index contributed by atoms with van der Waals surface area (Å²) in [5.74, 6) is 0.473. The van der Waals surface area contributed by atoms with Gasteiger partial charge in [-0.1, -0.05) is 12.1 Å². The van der Waals surface area contributed by atoms with E-state index in [-0.39, 0.29) is 12.5 Å². The average Bonchev–Trinajstić information content (AvgIpc) is 2.35. The molecular formula is C12H11ClO4. The Morgan fingerprint density at radius 3 is 2.94 bits per heavy atom. The first kappa shape index (κ1) is 12.0. The Kier molecular flexibility index (Phi) is 3.66. The molecule has 1 aromatic heterocycles. The number of fused-ring (bicyclic) bond motifs is 1. The van der Waals surface area contributed by atoms with Gasteiger partial charge < -0.3 is 14.3 Å². The number of ether oxygens (including phenoxy) is 1. The second kappa shape index (κ2) is 5.21. The number of benzene rings is 1. The predicted octanol–water partition coefficient (Wildman–Crippen LogP) is 1.77. The van der Waals surface area contributed by atoms with Crippen LogP contribution in [-0.4, -0.2) is 23.7 Å². The topological polar surface area (TPSA) is 59.7 Å². The van der Waals surface area contributed by atoms with Crippen molar-refractivity contribution in [2.45, 2.75) is 6.10 Å². The summed E-state index contributed by atoms with van der Waals surface area (Å²) >= 11 is 5.46. The molecule has 1 atom stereocenters. The van der Waals surface area contributed by atoms with Gasteiger partial charge in [-0.2, -0.15) is 0 Å². The summed E-state index contributed by atoms with van der Waals surface area (Å²) in [4.78, 5) is 11.3. The van der Waals surface area contributed by atoms with E-state index in [1.54, 1.807) is 18.2 Å². The van der Waals surface area contributed by atoms with Crippen LogP contribution >= 0.6 is 11.6 Å². The Hall–Kier alpha value is -1.52. The molecule has 1 N–H and O–H groups in total. The first-order valence-corrected chi connectivity index (χ1v) is 5.64. The maximum absolute atomic E-state index is 11.3. The van der Waals surface area contributed by atoms with Crippen molar-refractivity contribution in [3.8, 4) is 5.75 Å². The van der Waals surface area contributed by atoms with Gasteiger partial charge in [0.2, 0.25) is 0 Å². The van der Waals surface area contributed by atoms with Crippen molar-refractivity contribution < 1.29 is 14.3 Å². The summed E-state index contributed by atoms with van der Waals surface area (Å²) in [7, 11) is 0. The molecule has 0 aliphatic rings. The van der Waals surface area contributed by atoms with Crippen LogP contribution in [0.3, 0.4) is 0 Å². The first-order chi connectivity index (χ1) is 8.20. The number of aliphatic hydroxyl groups is 1. The number of para-hydroxylation sites is 1. The van der Waals surface area contributed by atoms with E-state index in [0.717, 1.165) is 0 Å². The molecule has 2 rings (SSSR count). The monoisotopic (exact) mass is 254 g/mol. The van der Waals surface area contributed by atoms with Gasteiger partial charge >= 0.3 is 5.63 Å². The molecule has 1 aromatic carbocycles. The van der Waals surface area contributed by atoms with Crippen LogP contribution in [-0.2, 0) is 0 Å². The van der Waals surface area contributed by atoms with Crippen molar-refractivity contribution >= 4 is 22.6 Å². The fourth-order valence-electron chi connectivity index (χ4n) is 1.43. The third kappa shape index (κ3) is 2.78. The molecule has 17 heavy (non-hydrogen) atoms. The molecule has 90 valence electrons. The van der Waals surface area contributed by atoms with E-state index in [1.165, 1.54) is 6.07 Å². The lowest BCUT2D eigenvalue weighted by molar-refractivity contribution is 0.126. The highest BCUT2D eigenvalue weighted by Gasteiger charge is 2.08. The van der Waals surface area contributed by atoms with Gasteiger partial charge in [0.15, 0.2) is 0 Å². The number of alkyl halides is 1. The summed E-state index contributed by atoms with van der Waals surface area (Å²) in [5.41, 5.74) is -0.0329. The fourth-order valence-corrected chi connectivity index (χ4v) is 1.52. The lowest BCUT2D eigenvalue weighted by Crippen LogP contribution is -2.19. The van der Waals surface area contributed by atoms with Crippen LogP contribution in [0.2, 0.25) is 0 Å². The third-order valence-corrected chi connectivity index (χ3v) is 2.58. The molecule has 1 heterocycles. The van der Waals surface area contributed by atoms with Crippen LogP contribution in [0, 0.1) is 0 Å². The van der Waals surface area contributed by atoms with Crippen LogP contribution in [0.5, 0.6) is 5.75 Å². The molecule has 0 aliphatic heterocycles. The van der Waals surface area contributed by atoms with Gasteiger partial charge in [0.25, 0.3) is 0 Å². The minimum atomic E-state index is -0.761. The minimum absolute atomic E-state index is 0.0386. The van der Waals surface area contributed by atoms with E-state index in [0.29, 0.717) is 16.7 Å². The van der Waals surface area contributed by atoms with Crippen LogP contribution in [0.25, 0.3) is 11.0 Å². The van der Waals surface area contributed by atoms with Crippen LogP contribution < -0.4 is 10.4 Å². The van der Waals surface area contributed by atoms with Crippen molar-refractivity contribution in [3.63, 3.8) is 0 Å². The van der Waals surface area contributed by atoms with Gasteiger partial charge in [0, 0.05) is 0 Å². The molecule has 0 aliphatic carbocycles.